The summed E-state index contributed by atoms with van der Waals surface area (Å²) in [7, 11) is 7.64. The topological polar surface area (TPSA) is 75.4 Å². The molecule has 8 nitrogen and oxygen atoms in total. The molecule has 238 valence electrons. The second-order valence-corrected chi connectivity index (χ2v) is 11.4. The molecule has 0 radical (unpaired) electrons. The van der Waals surface area contributed by atoms with E-state index in [1.807, 2.05) is 87.9 Å². The first-order valence-corrected chi connectivity index (χ1v) is 15.4. The predicted molar refractivity (Wildman–Crippen MR) is 192 cm³/mol. The van der Waals surface area contributed by atoms with E-state index < -0.39 is 0 Å². The second kappa shape index (κ2) is 14.9. The maximum absolute atomic E-state index is 12.6. The van der Waals surface area contributed by atoms with E-state index in [0.29, 0.717) is 13.1 Å². The van der Waals surface area contributed by atoms with E-state index in [1.54, 1.807) is 35.2 Å². The Hall–Kier alpha value is -5.89. The molecule has 1 N–H and O–H groups in total. The molecule has 3 aromatic carbocycles. The Labute approximate surface area is 275 Å². The van der Waals surface area contributed by atoms with Gasteiger partial charge in [-0.3, -0.25) is 9.59 Å². The number of aryl methyl sites for hydroxylation is 2. The number of benzene rings is 3. The summed E-state index contributed by atoms with van der Waals surface area (Å²) in [5.74, 6) is 0.652. The number of para-hydroxylation sites is 3. The predicted octanol–water partition coefficient (Wildman–Crippen LogP) is 7.31. The molecule has 0 aliphatic heterocycles. The van der Waals surface area contributed by atoms with Crippen LogP contribution in [0.2, 0.25) is 0 Å². The largest absolute Gasteiger partial charge is 0.346 e. The van der Waals surface area contributed by atoms with Gasteiger partial charge in [-0.05, 0) is 77.0 Å². The van der Waals surface area contributed by atoms with Gasteiger partial charge in [0, 0.05) is 68.6 Å². The van der Waals surface area contributed by atoms with Crippen molar-refractivity contribution in [3.05, 3.63) is 145 Å². The molecule has 0 bridgehead atoms. The van der Waals surface area contributed by atoms with Crippen LogP contribution >= 0.6 is 0 Å². The van der Waals surface area contributed by atoms with Crippen molar-refractivity contribution >= 4 is 51.2 Å². The van der Waals surface area contributed by atoms with Crippen molar-refractivity contribution in [2.45, 2.75) is 13.1 Å². The van der Waals surface area contributed by atoms with E-state index in [9.17, 15) is 9.59 Å². The third-order valence-corrected chi connectivity index (χ3v) is 8.08. The molecule has 0 aliphatic rings. The van der Waals surface area contributed by atoms with Crippen LogP contribution in [-0.2, 0) is 36.8 Å². The Morgan fingerprint density at radius 1 is 0.745 bits per heavy atom. The number of likely N-dealkylation sites (N-methyl/N-ethyl adjacent to an activating group) is 2. The molecule has 6 aromatic rings. The number of nitrogens with zero attached hydrogens (tertiary/aromatic N) is 5. The summed E-state index contributed by atoms with van der Waals surface area (Å²) in [5.41, 5.74) is 6.42. The lowest BCUT2D eigenvalue weighted by atomic mass is 10.2. The summed E-state index contributed by atoms with van der Waals surface area (Å²) in [6.07, 6.45) is 6.46. The molecule has 3 heterocycles. The Bertz CT molecular complexity index is 2020. The minimum atomic E-state index is -0.0599. The van der Waals surface area contributed by atoms with Crippen molar-refractivity contribution in [2.24, 2.45) is 14.1 Å². The molecular formula is C39H40N6O2. The highest BCUT2D eigenvalue weighted by molar-refractivity contribution is 5.91. The molecule has 0 aliphatic carbocycles. The molecule has 0 fully saturated rings. The van der Waals surface area contributed by atoms with Crippen LogP contribution in [0.25, 0.3) is 27.9 Å². The van der Waals surface area contributed by atoms with Gasteiger partial charge in [-0.2, -0.15) is 0 Å². The fourth-order valence-corrected chi connectivity index (χ4v) is 5.34. The molecule has 0 saturated carbocycles. The van der Waals surface area contributed by atoms with Gasteiger partial charge in [0.05, 0.1) is 13.1 Å². The maximum Gasteiger partial charge on any atom is 0.246 e. The minimum absolute atomic E-state index is 0.0493. The smallest absolute Gasteiger partial charge is 0.246 e. The van der Waals surface area contributed by atoms with Crippen molar-refractivity contribution in [3.63, 3.8) is 0 Å². The first-order valence-electron chi connectivity index (χ1n) is 15.4. The van der Waals surface area contributed by atoms with Gasteiger partial charge < -0.3 is 24.3 Å². The van der Waals surface area contributed by atoms with Gasteiger partial charge in [0.1, 0.15) is 5.82 Å². The number of rotatable bonds is 9. The normalized spacial score (nSPS) is 10.9. The van der Waals surface area contributed by atoms with Crippen LogP contribution < -0.4 is 5.32 Å². The number of anilines is 2. The molecule has 0 unspecified atom stereocenters. The first kappa shape index (κ1) is 32.5. The van der Waals surface area contributed by atoms with Crippen molar-refractivity contribution in [1.82, 2.24) is 23.9 Å². The van der Waals surface area contributed by atoms with E-state index >= 15 is 0 Å². The van der Waals surface area contributed by atoms with Gasteiger partial charge in [0.2, 0.25) is 11.8 Å². The maximum atomic E-state index is 12.6. The number of fused-ring (bicyclic) bond motifs is 2. The molecule has 8 heteroatoms. The summed E-state index contributed by atoms with van der Waals surface area (Å²) in [6, 6.07) is 34.4. The molecule has 6 rings (SSSR count). The molecule has 47 heavy (non-hydrogen) atoms. The SMILES string of the molecule is C=CC(=O)N(C)Cc1cc2ccccc2n1C.CN(Cc1cc2ccccc2n1C)C(=O)C=Cc1ccc(Nc2ccccc2)nc1. The third kappa shape index (κ3) is 8.04. The summed E-state index contributed by atoms with van der Waals surface area (Å²) in [5, 5.41) is 5.63. The average Bonchev–Trinajstić information content (AvgIpc) is 3.59. The summed E-state index contributed by atoms with van der Waals surface area (Å²) in [6.45, 7) is 4.63. The van der Waals surface area contributed by atoms with Crippen LogP contribution in [0.1, 0.15) is 17.0 Å². The number of pyridine rings is 1. The van der Waals surface area contributed by atoms with Crippen molar-refractivity contribution < 1.29 is 9.59 Å². The fraction of sp³-hybridized carbons (Fsp3) is 0.154. The number of nitrogens with one attached hydrogen (secondary N) is 1. The Balaban J connectivity index is 0.000000216. The van der Waals surface area contributed by atoms with E-state index in [2.05, 4.69) is 62.4 Å². The number of carbonyl (C=O) groups is 2. The minimum Gasteiger partial charge on any atom is -0.346 e. The molecule has 0 atom stereocenters. The van der Waals surface area contributed by atoms with Gasteiger partial charge in [-0.15, -0.1) is 0 Å². The monoisotopic (exact) mass is 624 g/mol. The fourth-order valence-electron chi connectivity index (χ4n) is 5.34. The zero-order chi connectivity index (χ0) is 33.3. The number of hydrogen-bond acceptors (Lipinski definition) is 4. The van der Waals surface area contributed by atoms with Crippen LogP contribution in [0.3, 0.4) is 0 Å². The Morgan fingerprint density at radius 3 is 1.79 bits per heavy atom. The van der Waals surface area contributed by atoms with Crippen LogP contribution in [0.4, 0.5) is 11.5 Å². The quantitative estimate of drug-likeness (QED) is 0.171. The number of amides is 2. The van der Waals surface area contributed by atoms with Gasteiger partial charge in [-0.25, -0.2) is 4.98 Å². The van der Waals surface area contributed by atoms with Crippen LogP contribution in [-0.4, -0.2) is 49.8 Å². The molecule has 0 saturated heterocycles. The molecule has 3 aromatic heterocycles. The Morgan fingerprint density at radius 2 is 1.28 bits per heavy atom. The molecular weight excluding hydrogens is 584 g/mol. The number of carbonyl (C=O) groups excluding carboxylic acids is 2. The zero-order valence-corrected chi connectivity index (χ0v) is 27.3. The zero-order valence-electron chi connectivity index (χ0n) is 27.3. The van der Waals surface area contributed by atoms with Gasteiger partial charge in [0.15, 0.2) is 0 Å². The van der Waals surface area contributed by atoms with Gasteiger partial charge in [-0.1, -0.05) is 61.2 Å². The molecule has 2 amide bonds. The van der Waals surface area contributed by atoms with Crippen molar-refractivity contribution in [1.29, 1.82) is 0 Å². The lowest BCUT2D eigenvalue weighted by Crippen LogP contribution is -2.25. The third-order valence-electron chi connectivity index (χ3n) is 8.08. The highest BCUT2D eigenvalue weighted by Crippen LogP contribution is 2.21. The summed E-state index contributed by atoms with van der Waals surface area (Å²) >= 11 is 0. The molecule has 0 spiro atoms. The highest BCUT2D eigenvalue weighted by atomic mass is 16.2. The van der Waals surface area contributed by atoms with E-state index in [0.717, 1.165) is 28.5 Å². The lowest BCUT2D eigenvalue weighted by Gasteiger charge is -2.15. The standard InChI is InChI=1S/C25H24N4O.C14H16N2O/c1-28(18-22-16-20-8-6-7-11-23(20)29(22)2)25(30)15-13-19-12-14-24(26-17-19)27-21-9-4-3-5-10-21;1-4-14(17)15(2)10-12-9-11-7-5-6-8-13(11)16(12)3/h3-17H,18H2,1-2H3,(H,26,27);4-9H,1,10H2,2-3H3. The second-order valence-electron chi connectivity index (χ2n) is 11.4. The van der Waals surface area contributed by atoms with E-state index in [-0.39, 0.29) is 11.8 Å². The van der Waals surface area contributed by atoms with Crippen molar-refractivity contribution in [3.8, 4) is 0 Å². The number of hydrogen-bond donors (Lipinski definition) is 1. The van der Waals surface area contributed by atoms with Gasteiger partial charge >= 0.3 is 0 Å². The highest BCUT2D eigenvalue weighted by Gasteiger charge is 2.12. The summed E-state index contributed by atoms with van der Waals surface area (Å²) < 4.78 is 4.24. The number of aromatic nitrogens is 3. The van der Waals surface area contributed by atoms with Crippen molar-refractivity contribution in [2.75, 3.05) is 19.4 Å². The Kier molecular flexibility index (Phi) is 10.3. The van der Waals surface area contributed by atoms with Crippen LogP contribution in [0, 0.1) is 0 Å². The lowest BCUT2D eigenvalue weighted by molar-refractivity contribution is -0.126. The van der Waals surface area contributed by atoms with Crippen LogP contribution in [0.15, 0.2) is 128 Å². The van der Waals surface area contributed by atoms with Gasteiger partial charge in [0.25, 0.3) is 0 Å². The summed E-state index contributed by atoms with van der Waals surface area (Å²) in [4.78, 5) is 31.8. The van der Waals surface area contributed by atoms with E-state index in [4.69, 9.17) is 0 Å². The average molecular weight is 625 g/mol. The first-order chi connectivity index (χ1) is 22.7. The van der Waals surface area contributed by atoms with E-state index in [1.165, 1.54) is 27.9 Å². The van der Waals surface area contributed by atoms with Crippen LogP contribution in [0.5, 0.6) is 0 Å².